The minimum absolute atomic E-state index is 0.0567. The third-order valence-electron chi connectivity index (χ3n) is 6.52. The highest BCUT2D eigenvalue weighted by molar-refractivity contribution is 7.99. The van der Waals surface area contributed by atoms with Crippen molar-refractivity contribution >= 4 is 17.7 Å². The molecule has 5 nitrogen and oxygen atoms in total. The van der Waals surface area contributed by atoms with Crippen molar-refractivity contribution in [2.75, 3.05) is 5.75 Å². The smallest absolute Gasteiger partial charge is 0.230 e. The fourth-order valence-electron chi connectivity index (χ4n) is 4.87. The van der Waals surface area contributed by atoms with Crippen LogP contribution < -0.4 is 5.32 Å². The molecule has 0 atom stereocenters. The highest BCUT2D eigenvalue weighted by Crippen LogP contribution is 2.36. The maximum absolute atomic E-state index is 14.5. The minimum atomic E-state index is -0.287. The molecule has 0 saturated heterocycles. The van der Waals surface area contributed by atoms with Crippen molar-refractivity contribution in [3.8, 4) is 11.4 Å². The molecular formula is C24H33FN4OS. The van der Waals surface area contributed by atoms with Crippen LogP contribution in [0.5, 0.6) is 0 Å². The van der Waals surface area contributed by atoms with Gasteiger partial charge < -0.3 is 5.32 Å². The molecule has 0 unspecified atom stereocenters. The van der Waals surface area contributed by atoms with Crippen LogP contribution in [0.4, 0.5) is 4.39 Å². The second-order valence-electron chi connectivity index (χ2n) is 8.85. The average Bonchev–Trinajstić information content (AvgIpc) is 3.19. The van der Waals surface area contributed by atoms with Gasteiger partial charge >= 0.3 is 0 Å². The number of hydrogen-bond acceptors (Lipinski definition) is 4. The van der Waals surface area contributed by atoms with E-state index >= 15 is 0 Å². The van der Waals surface area contributed by atoms with Gasteiger partial charge in [-0.05, 0) is 37.8 Å². The Labute approximate surface area is 188 Å². The van der Waals surface area contributed by atoms with E-state index in [9.17, 15) is 9.18 Å². The molecule has 4 rings (SSSR count). The Hall–Kier alpha value is -1.89. The molecule has 7 heteroatoms. The van der Waals surface area contributed by atoms with Gasteiger partial charge in [0, 0.05) is 12.1 Å². The van der Waals surface area contributed by atoms with Crippen molar-refractivity contribution in [1.82, 2.24) is 20.1 Å². The topological polar surface area (TPSA) is 59.8 Å². The summed E-state index contributed by atoms with van der Waals surface area (Å²) in [5.41, 5.74) is 0.478. The number of halogens is 1. The van der Waals surface area contributed by atoms with Gasteiger partial charge in [0.15, 0.2) is 11.0 Å². The molecule has 2 saturated carbocycles. The van der Waals surface area contributed by atoms with Crippen LogP contribution in [0, 0.1) is 5.82 Å². The average molecular weight is 445 g/mol. The lowest BCUT2D eigenvalue weighted by atomic mass is 9.95. The molecule has 0 spiro atoms. The summed E-state index contributed by atoms with van der Waals surface area (Å²) in [5.74, 6) is 0.665. The van der Waals surface area contributed by atoms with E-state index in [1.807, 2.05) is 6.07 Å². The van der Waals surface area contributed by atoms with Crippen molar-refractivity contribution in [3.05, 3.63) is 30.1 Å². The van der Waals surface area contributed by atoms with Crippen molar-refractivity contribution in [2.45, 2.75) is 94.3 Å². The van der Waals surface area contributed by atoms with Gasteiger partial charge in [-0.3, -0.25) is 9.36 Å². The predicted octanol–water partition coefficient (Wildman–Crippen LogP) is 5.91. The number of carbonyl (C=O) groups excluding carboxylic acids is 1. The first-order valence-electron chi connectivity index (χ1n) is 11.8. The molecule has 1 heterocycles. The summed E-state index contributed by atoms with van der Waals surface area (Å²) in [7, 11) is 0. The maximum atomic E-state index is 14.5. The van der Waals surface area contributed by atoms with Crippen LogP contribution in [0.1, 0.15) is 83.1 Å². The molecule has 2 aromatic rings. The van der Waals surface area contributed by atoms with Crippen LogP contribution >= 0.6 is 11.8 Å². The molecule has 0 aliphatic heterocycles. The summed E-state index contributed by atoms with van der Waals surface area (Å²) in [5, 5.41) is 12.7. The molecule has 2 fully saturated rings. The fourth-order valence-corrected chi connectivity index (χ4v) is 5.69. The number of carbonyl (C=O) groups is 1. The van der Waals surface area contributed by atoms with E-state index in [0.717, 1.165) is 43.7 Å². The largest absolute Gasteiger partial charge is 0.353 e. The van der Waals surface area contributed by atoms with Crippen molar-refractivity contribution in [1.29, 1.82) is 0 Å². The Morgan fingerprint density at radius 1 is 0.968 bits per heavy atom. The quantitative estimate of drug-likeness (QED) is 0.563. The molecule has 1 aromatic carbocycles. The number of hydrogen-bond donors (Lipinski definition) is 1. The summed E-state index contributed by atoms with van der Waals surface area (Å²) in [6.45, 7) is 0. The molecular weight excluding hydrogens is 411 g/mol. The van der Waals surface area contributed by atoms with E-state index in [0.29, 0.717) is 23.2 Å². The second kappa shape index (κ2) is 11.1. The zero-order valence-electron chi connectivity index (χ0n) is 18.2. The van der Waals surface area contributed by atoms with Gasteiger partial charge in [0.1, 0.15) is 5.82 Å². The fraction of sp³-hybridized carbons (Fsp3) is 0.625. The number of thioether (sulfide) groups is 1. The molecule has 0 bridgehead atoms. The molecule has 1 N–H and O–H groups in total. The molecule has 2 aliphatic rings. The Balaban J connectivity index is 1.47. The molecule has 1 aromatic heterocycles. The number of rotatable bonds is 6. The van der Waals surface area contributed by atoms with Gasteiger partial charge in [0.05, 0.1) is 11.3 Å². The lowest BCUT2D eigenvalue weighted by Crippen LogP contribution is -2.36. The number of nitrogens with one attached hydrogen (secondary N) is 1. The number of amides is 1. The Morgan fingerprint density at radius 2 is 1.61 bits per heavy atom. The second-order valence-corrected chi connectivity index (χ2v) is 9.79. The molecule has 31 heavy (non-hydrogen) atoms. The first kappa shape index (κ1) is 22.3. The first-order valence-corrected chi connectivity index (χ1v) is 12.8. The standard InChI is InChI=1S/C24H33FN4OS/c25-21-16-10-9-15-20(21)23-27-28-24(29(23)19-13-7-4-8-14-19)31-17-22(30)26-18-11-5-2-1-3-6-12-18/h9-10,15-16,18-19H,1-8,11-14,17H2,(H,26,30). The van der Waals surface area contributed by atoms with E-state index in [2.05, 4.69) is 20.1 Å². The van der Waals surface area contributed by atoms with Gasteiger partial charge in [-0.25, -0.2) is 4.39 Å². The van der Waals surface area contributed by atoms with Gasteiger partial charge in [-0.2, -0.15) is 0 Å². The Morgan fingerprint density at radius 3 is 2.35 bits per heavy atom. The number of benzene rings is 1. The lowest BCUT2D eigenvalue weighted by Gasteiger charge is -2.26. The van der Waals surface area contributed by atoms with Crippen LogP contribution in [0.25, 0.3) is 11.4 Å². The minimum Gasteiger partial charge on any atom is -0.353 e. The normalized spacial score (nSPS) is 19.0. The van der Waals surface area contributed by atoms with Crippen LogP contribution in [0.2, 0.25) is 0 Å². The Kier molecular flexibility index (Phi) is 8.00. The zero-order valence-corrected chi connectivity index (χ0v) is 19.0. The number of nitrogens with zero attached hydrogens (tertiary/aromatic N) is 3. The summed E-state index contributed by atoms with van der Waals surface area (Å²) in [6, 6.07) is 7.29. The van der Waals surface area contributed by atoms with Crippen LogP contribution in [-0.2, 0) is 4.79 Å². The maximum Gasteiger partial charge on any atom is 0.230 e. The highest BCUT2D eigenvalue weighted by atomic mass is 32.2. The molecule has 2 aliphatic carbocycles. The van der Waals surface area contributed by atoms with Crippen molar-refractivity contribution in [2.24, 2.45) is 0 Å². The monoisotopic (exact) mass is 444 g/mol. The highest BCUT2D eigenvalue weighted by Gasteiger charge is 2.25. The first-order chi connectivity index (χ1) is 15.2. The summed E-state index contributed by atoms with van der Waals surface area (Å²) in [6.07, 6.45) is 14.0. The van der Waals surface area contributed by atoms with Gasteiger partial charge in [-0.15, -0.1) is 10.2 Å². The SMILES string of the molecule is O=C(CSc1nnc(-c2ccccc2F)n1C1CCCCC1)NC1CCCCCCC1. The summed E-state index contributed by atoms with van der Waals surface area (Å²) < 4.78 is 16.6. The van der Waals surface area contributed by atoms with Crippen molar-refractivity contribution < 1.29 is 9.18 Å². The van der Waals surface area contributed by atoms with Gasteiger partial charge in [0.2, 0.25) is 5.91 Å². The van der Waals surface area contributed by atoms with Gasteiger partial charge in [0.25, 0.3) is 0 Å². The van der Waals surface area contributed by atoms with Gasteiger partial charge in [-0.1, -0.05) is 75.3 Å². The van der Waals surface area contributed by atoms with E-state index < -0.39 is 0 Å². The summed E-state index contributed by atoms with van der Waals surface area (Å²) in [4.78, 5) is 12.7. The molecule has 0 radical (unpaired) electrons. The third-order valence-corrected chi connectivity index (χ3v) is 7.46. The third kappa shape index (κ3) is 5.88. The lowest BCUT2D eigenvalue weighted by molar-refractivity contribution is -0.119. The zero-order chi connectivity index (χ0) is 21.5. The van der Waals surface area contributed by atoms with Crippen LogP contribution in [0.15, 0.2) is 29.4 Å². The van der Waals surface area contributed by atoms with Crippen LogP contribution in [0.3, 0.4) is 0 Å². The van der Waals surface area contributed by atoms with Crippen LogP contribution in [-0.4, -0.2) is 32.5 Å². The predicted molar refractivity (Wildman–Crippen MR) is 123 cm³/mol. The molecule has 1 amide bonds. The molecule has 168 valence electrons. The Bertz CT molecular complexity index is 857. The van der Waals surface area contributed by atoms with E-state index in [4.69, 9.17) is 0 Å². The van der Waals surface area contributed by atoms with E-state index in [-0.39, 0.29) is 17.8 Å². The van der Waals surface area contributed by atoms with Crippen molar-refractivity contribution in [3.63, 3.8) is 0 Å². The number of aromatic nitrogens is 3. The van der Waals surface area contributed by atoms with E-state index in [1.165, 1.54) is 56.4 Å². The van der Waals surface area contributed by atoms with E-state index in [1.54, 1.807) is 12.1 Å². The summed E-state index contributed by atoms with van der Waals surface area (Å²) >= 11 is 1.42.